The lowest BCUT2D eigenvalue weighted by molar-refractivity contribution is 0.547. The molecule has 0 bridgehead atoms. The second-order valence-electron chi connectivity index (χ2n) is 6.15. The summed E-state index contributed by atoms with van der Waals surface area (Å²) < 4.78 is 5.34. The summed E-state index contributed by atoms with van der Waals surface area (Å²) in [6, 6.07) is 13.4. The molecule has 0 unspecified atom stereocenters. The summed E-state index contributed by atoms with van der Waals surface area (Å²) in [6.07, 6.45) is 0. The lowest BCUT2D eigenvalue weighted by Crippen LogP contribution is -2.19. The highest BCUT2D eigenvalue weighted by Gasteiger charge is 2.11. The van der Waals surface area contributed by atoms with Crippen molar-refractivity contribution in [2.24, 2.45) is 0 Å². The molecule has 0 aliphatic carbocycles. The van der Waals surface area contributed by atoms with Crippen LogP contribution in [0, 0.1) is 13.8 Å². The molecule has 24 heavy (non-hydrogen) atoms. The first-order valence-electron chi connectivity index (χ1n) is 7.97. The van der Waals surface area contributed by atoms with Crippen molar-refractivity contribution in [2.45, 2.75) is 33.4 Å². The minimum absolute atomic E-state index is 0.0764. The monoisotopic (exact) mass is 341 g/mol. The molecular weight excluding hydrogens is 322 g/mol. The highest BCUT2D eigenvalue weighted by molar-refractivity contribution is 6.31. The van der Waals surface area contributed by atoms with Gasteiger partial charge in [-0.2, -0.15) is 0 Å². The molecule has 3 aromatic rings. The zero-order valence-electron chi connectivity index (χ0n) is 14.0. The number of rotatable bonds is 4. The Hall–Kier alpha value is -2.10. The highest BCUT2D eigenvalue weighted by atomic mass is 35.5. The minimum atomic E-state index is -0.326. The Morgan fingerprint density at radius 3 is 2.58 bits per heavy atom. The second kappa shape index (κ2) is 6.80. The van der Waals surface area contributed by atoms with Gasteiger partial charge in [0, 0.05) is 29.1 Å². The molecule has 3 nitrogen and oxygen atoms in total. The maximum Gasteiger partial charge on any atom is 0.336 e. The quantitative estimate of drug-likeness (QED) is 0.685. The number of aryl methyl sites for hydroxylation is 2. The Labute approximate surface area is 146 Å². The van der Waals surface area contributed by atoms with Crippen molar-refractivity contribution in [3.8, 4) is 0 Å². The number of benzene rings is 2. The maximum absolute atomic E-state index is 11.9. The summed E-state index contributed by atoms with van der Waals surface area (Å²) in [5, 5.41) is 5.15. The Morgan fingerprint density at radius 2 is 1.83 bits per heavy atom. The van der Waals surface area contributed by atoms with E-state index >= 15 is 0 Å². The van der Waals surface area contributed by atoms with Crippen molar-refractivity contribution >= 4 is 22.6 Å². The van der Waals surface area contributed by atoms with E-state index < -0.39 is 0 Å². The summed E-state index contributed by atoms with van der Waals surface area (Å²) in [6.45, 7) is 6.70. The van der Waals surface area contributed by atoms with E-state index in [1.165, 1.54) is 5.56 Å². The lowest BCUT2D eigenvalue weighted by Gasteiger charge is -2.16. The van der Waals surface area contributed by atoms with Crippen LogP contribution >= 0.6 is 11.6 Å². The van der Waals surface area contributed by atoms with Gasteiger partial charge >= 0.3 is 5.63 Å². The smallest absolute Gasteiger partial charge is 0.336 e. The molecule has 0 amide bonds. The fraction of sp³-hybridized carbons (Fsp3) is 0.250. The maximum atomic E-state index is 11.9. The molecule has 2 aromatic carbocycles. The van der Waals surface area contributed by atoms with Gasteiger partial charge in [-0.1, -0.05) is 29.8 Å². The van der Waals surface area contributed by atoms with Crippen molar-refractivity contribution < 1.29 is 4.42 Å². The van der Waals surface area contributed by atoms with Crippen LogP contribution in [0.15, 0.2) is 51.7 Å². The Balaban J connectivity index is 1.91. The Bertz CT molecular complexity index is 946. The molecule has 1 N–H and O–H groups in total. The first kappa shape index (κ1) is 16.7. The van der Waals surface area contributed by atoms with E-state index in [0.29, 0.717) is 12.1 Å². The molecule has 4 heteroatoms. The van der Waals surface area contributed by atoms with Gasteiger partial charge in [-0.05, 0) is 61.2 Å². The van der Waals surface area contributed by atoms with Gasteiger partial charge in [0.2, 0.25) is 0 Å². The molecule has 3 rings (SSSR count). The van der Waals surface area contributed by atoms with E-state index in [-0.39, 0.29) is 11.7 Å². The van der Waals surface area contributed by atoms with Gasteiger partial charge in [0.25, 0.3) is 0 Å². The predicted molar refractivity (Wildman–Crippen MR) is 98.7 cm³/mol. The van der Waals surface area contributed by atoms with Gasteiger partial charge in [0.05, 0.1) is 0 Å². The van der Waals surface area contributed by atoms with E-state index in [2.05, 4.69) is 25.2 Å². The molecule has 0 fully saturated rings. The van der Waals surface area contributed by atoms with Crippen LogP contribution < -0.4 is 10.9 Å². The van der Waals surface area contributed by atoms with Gasteiger partial charge in [0.1, 0.15) is 5.58 Å². The van der Waals surface area contributed by atoms with Crippen molar-refractivity contribution in [2.75, 3.05) is 0 Å². The summed E-state index contributed by atoms with van der Waals surface area (Å²) in [5.74, 6) is 0. The average molecular weight is 342 g/mol. The predicted octanol–water partition coefficient (Wildman–Crippen LogP) is 4.91. The number of nitrogens with one attached hydrogen (secondary N) is 1. The minimum Gasteiger partial charge on any atom is -0.423 e. The summed E-state index contributed by atoms with van der Waals surface area (Å²) in [7, 11) is 0. The highest BCUT2D eigenvalue weighted by Crippen LogP contribution is 2.24. The first-order chi connectivity index (χ1) is 11.5. The van der Waals surface area contributed by atoms with Crippen LogP contribution in [0.3, 0.4) is 0 Å². The molecule has 0 saturated heterocycles. The summed E-state index contributed by atoms with van der Waals surface area (Å²) >= 11 is 6.25. The van der Waals surface area contributed by atoms with Crippen LogP contribution in [0.1, 0.15) is 35.2 Å². The average Bonchev–Trinajstić information content (AvgIpc) is 2.54. The number of hydrogen-bond acceptors (Lipinski definition) is 3. The molecule has 0 spiro atoms. The van der Waals surface area contributed by atoms with Crippen LogP contribution in [0.5, 0.6) is 0 Å². The Kier molecular flexibility index (Phi) is 4.74. The molecule has 0 radical (unpaired) electrons. The van der Waals surface area contributed by atoms with Crippen molar-refractivity contribution in [3.05, 3.63) is 80.2 Å². The zero-order chi connectivity index (χ0) is 17.3. The number of hydrogen-bond donors (Lipinski definition) is 1. The first-order valence-corrected chi connectivity index (χ1v) is 8.35. The van der Waals surface area contributed by atoms with Crippen molar-refractivity contribution in [3.63, 3.8) is 0 Å². The zero-order valence-corrected chi connectivity index (χ0v) is 14.8. The second-order valence-corrected chi connectivity index (χ2v) is 6.55. The van der Waals surface area contributed by atoms with Crippen LogP contribution in [0.2, 0.25) is 5.02 Å². The third kappa shape index (κ3) is 3.37. The summed E-state index contributed by atoms with van der Waals surface area (Å²) in [5.41, 5.74) is 4.57. The van der Waals surface area contributed by atoms with Crippen LogP contribution in [0.25, 0.3) is 11.0 Å². The van der Waals surface area contributed by atoms with E-state index in [0.717, 1.165) is 27.1 Å². The molecule has 0 aliphatic rings. The van der Waals surface area contributed by atoms with E-state index in [1.54, 1.807) is 6.07 Å². The Morgan fingerprint density at radius 1 is 1.12 bits per heavy atom. The molecule has 1 heterocycles. The van der Waals surface area contributed by atoms with Crippen LogP contribution in [-0.4, -0.2) is 0 Å². The standard InChI is InChI=1S/C20H20ClNO2/c1-12-8-17-15(10-20(23)24-19(17)9-13(12)2)11-22-14(3)16-6-4-5-7-18(16)21/h4-10,14,22H,11H2,1-3H3/t14-/m0/s1. The van der Waals surface area contributed by atoms with Gasteiger partial charge < -0.3 is 9.73 Å². The van der Waals surface area contributed by atoms with Crippen molar-refractivity contribution in [1.29, 1.82) is 0 Å². The fourth-order valence-electron chi connectivity index (χ4n) is 2.83. The lowest BCUT2D eigenvalue weighted by atomic mass is 10.0. The topological polar surface area (TPSA) is 42.2 Å². The molecular formula is C20H20ClNO2. The largest absolute Gasteiger partial charge is 0.423 e. The molecule has 0 saturated carbocycles. The van der Waals surface area contributed by atoms with E-state index in [9.17, 15) is 4.79 Å². The van der Waals surface area contributed by atoms with Crippen molar-refractivity contribution in [1.82, 2.24) is 5.32 Å². The van der Waals surface area contributed by atoms with Gasteiger partial charge in [-0.25, -0.2) is 4.79 Å². The van der Waals surface area contributed by atoms with Gasteiger partial charge in [-0.3, -0.25) is 0 Å². The molecule has 124 valence electrons. The van der Waals surface area contributed by atoms with Crippen LogP contribution in [-0.2, 0) is 6.54 Å². The van der Waals surface area contributed by atoms with Gasteiger partial charge in [0.15, 0.2) is 0 Å². The van der Waals surface area contributed by atoms with Gasteiger partial charge in [-0.15, -0.1) is 0 Å². The third-order valence-corrected chi connectivity index (χ3v) is 4.76. The number of halogens is 1. The number of fused-ring (bicyclic) bond motifs is 1. The normalized spacial score (nSPS) is 12.5. The van der Waals surface area contributed by atoms with E-state index in [4.69, 9.17) is 16.0 Å². The fourth-order valence-corrected chi connectivity index (χ4v) is 3.13. The molecule has 0 aliphatic heterocycles. The molecule has 1 atom stereocenters. The van der Waals surface area contributed by atoms with E-state index in [1.807, 2.05) is 37.3 Å². The third-order valence-electron chi connectivity index (χ3n) is 4.41. The van der Waals surface area contributed by atoms with Crippen LogP contribution in [0.4, 0.5) is 0 Å². The molecule has 1 aromatic heterocycles. The SMILES string of the molecule is Cc1cc2oc(=O)cc(CN[C@@H](C)c3ccccc3Cl)c2cc1C. The summed E-state index contributed by atoms with van der Waals surface area (Å²) in [4.78, 5) is 11.9.